The lowest BCUT2D eigenvalue weighted by Gasteiger charge is -2.16. The van der Waals surface area contributed by atoms with Crippen molar-refractivity contribution < 1.29 is 5.11 Å². The zero-order valence-corrected chi connectivity index (χ0v) is 12.3. The Balaban J connectivity index is 2.35. The molecule has 0 saturated heterocycles. The van der Waals surface area contributed by atoms with E-state index >= 15 is 0 Å². The van der Waals surface area contributed by atoms with Crippen LogP contribution in [0, 0.1) is 6.92 Å². The average Bonchev–Trinajstić information content (AvgIpc) is 2.20. The highest BCUT2D eigenvalue weighted by atomic mass is 79.9. The zero-order valence-electron chi connectivity index (χ0n) is 10.7. The largest absolute Gasteiger partial charge is 0.390 e. The third kappa shape index (κ3) is 5.64. The van der Waals surface area contributed by atoms with E-state index < -0.39 is 0 Å². The molecule has 0 saturated carbocycles. The molecule has 0 aromatic heterocycles. The lowest BCUT2D eigenvalue weighted by molar-refractivity contribution is 0.134. The molecule has 1 unspecified atom stereocenters. The van der Waals surface area contributed by atoms with E-state index in [1.165, 1.54) is 11.1 Å². The van der Waals surface area contributed by atoms with Gasteiger partial charge in [0.25, 0.3) is 0 Å². The number of benzene rings is 1. The number of halogens is 1. The van der Waals surface area contributed by atoms with E-state index in [-0.39, 0.29) is 6.10 Å². The molecule has 0 fully saturated rings. The van der Waals surface area contributed by atoms with Gasteiger partial charge in [0.05, 0.1) is 6.10 Å². The second-order valence-electron chi connectivity index (χ2n) is 4.64. The van der Waals surface area contributed by atoms with Crippen molar-refractivity contribution in [2.24, 2.45) is 0 Å². The van der Waals surface area contributed by atoms with Gasteiger partial charge < -0.3 is 15.3 Å². The molecule has 0 aliphatic rings. The van der Waals surface area contributed by atoms with Crippen molar-refractivity contribution in [3.63, 3.8) is 0 Å². The lowest BCUT2D eigenvalue weighted by Crippen LogP contribution is -2.34. The summed E-state index contributed by atoms with van der Waals surface area (Å²) in [5, 5.41) is 13.0. The van der Waals surface area contributed by atoms with Crippen LogP contribution < -0.4 is 5.32 Å². The van der Waals surface area contributed by atoms with Gasteiger partial charge in [-0.3, -0.25) is 0 Å². The number of aliphatic hydroxyl groups is 1. The fourth-order valence-corrected chi connectivity index (χ4v) is 2.29. The van der Waals surface area contributed by atoms with Crippen LogP contribution >= 0.6 is 15.9 Å². The molecule has 0 spiro atoms. The van der Waals surface area contributed by atoms with E-state index in [9.17, 15) is 5.11 Å². The molecule has 0 heterocycles. The second-order valence-corrected chi connectivity index (χ2v) is 5.50. The van der Waals surface area contributed by atoms with Crippen molar-refractivity contribution in [3.05, 3.63) is 33.8 Å². The van der Waals surface area contributed by atoms with Crippen LogP contribution in [0.25, 0.3) is 0 Å². The van der Waals surface area contributed by atoms with Gasteiger partial charge in [-0.2, -0.15) is 0 Å². The molecule has 0 amide bonds. The number of likely N-dealkylation sites (N-methyl/N-ethyl adjacent to an activating group) is 1. The van der Waals surface area contributed by atoms with Crippen LogP contribution in [0.15, 0.2) is 22.7 Å². The molecule has 0 radical (unpaired) electrons. The molecular weight excluding hydrogens is 280 g/mol. The Morgan fingerprint density at radius 1 is 1.41 bits per heavy atom. The van der Waals surface area contributed by atoms with E-state index in [4.69, 9.17) is 0 Å². The summed E-state index contributed by atoms with van der Waals surface area (Å²) in [6.45, 7) is 4.13. The zero-order chi connectivity index (χ0) is 12.8. The van der Waals surface area contributed by atoms with Crippen LogP contribution in [0.3, 0.4) is 0 Å². The number of hydrogen-bond donors (Lipinski definition) is 2. The molecule has 1 rings (SSSR count). The van der Waals surface area contributed by atoms with Crippen LogP contribution in [0.4, 0.5) is 0 Å². The number of hydrogen-bond acceptors (Lipinski definition) is 3. The highest BCUT2D eigenvalue weighted by molar-refractivity contribution is 9.10. The van der Waals surface area contributed by atoms with Crippen molar-refractivity contribution in [2.45, 2.75) is 19.6 Å². The van der Waals surface area contributed by atoms with Gasteiger partial charge in [0.1, 0.15) is 0 Å². The summed E-state index contributed by atoms with van der Waals surface area (Å²) in [5.74, 6) is 0. The highest BCUT2D eigenvalue weighted by Gasteiger charge is 2.05. The molecule has 17 heavy (non-hydrogen) atoms. The van der Waals surface area contributed by atoms with Crippen molar-refractivity contribution in [1.82, 2.24) is 10.2 Å². The fraction of sp³-hybridized carbons (Fsp3) is 0.538. The number of nitrogens with zero attached hydrogens (tertiary/aromatic N) is 1. The lowest BCUT2D eigenvalue weighted by atomic mass is 10.1. The topological polar surface area (TPSA) is 35.5 Å². The van der Waals surface area contributed by atoms with Gasteiger partial charge in [-0.05, 0) is 38.2 Å². The van der Waals surface area contributed by atoms with Gasteiger partial charge >= 0.3 is 0 Å². The molecule has 4 heteroatoms. The minimum absolute atomic E-state index is 0.325. The number of nitrogens with one attached hydrogen (secondary N) is 1. The van der Waals surface area contributed by atoms with Gasteiger partial charge in [0.2, 0.25) is 0 Å². The summed E-state index contributed by atoms with van der Waals surface area (Å²) in [5.41, 5.74) is 2.46. The van der Waals surface area contributed by atoms with Gasteiger partial charge in [-0.25, -0.2) is 0 Å². The number of rotatable bonds is 6. The monoisotopic (exact) mass is 300 g/mol. The third-order valence-electron chi connectivity index (χ3n) is 2.48. The summed E-state index contributed by atoms with van der Waals surface area (Å²) in [4.78, 5) is 1.98. The SMILES string of the molecule is Cc1ccc(CNCC(O)CN(C)C)c(Br)c1. The van der Waals surface area contributed by atoms with E-state index in [1.54, 1.807) is 0 Å². The van der Waals surface area contributed by atoms with Gasteiger partial charge in [0, 0.05) is 24.1 Å². The fourth-order valence-electron chi connectivity index (χ4n) is 1.66. The van der Waals surface area contributed by atoms with E-state index in [0.717, 1.165) is 11.0 Å². The summed E-state index contributed by atoms with van der Waals surface area (Å²) < 4.78 is 1.12. The van der Waals surface area contributed by atoms with E-state index in [0.29, 0.717) is 13.1 Å². The second kappa shape index (κ2) is 7.11. The Hall–Kier alpha value is -0.420. The van der Waals surface area contributed by atoms with Crippen molar-refractivity contribution in [2.75, 3.05) is 27.2 Å². The minimum Gasteiger partial charge on any atom is -0.390 e. The summed E-state index contributed by atoms with van der Waals surface area (Å²) >= 11 is 3.54. The first-order valence-electron chi connectivity index (χ1n) is 5.77. The third-order valence-corrected chi connectivity index (χ3v) is 3.22. The van der Waals surface area contributed by atoms with Crippen molar-refractivity contribution in [3.8, 4) is 0 Å². The van der Waals surface area contributed by atoms with Crippen LogP contribution in [-0.2, 0) is 6.54 Å². The predicted octanol–water partition coefficient (Wildman–Crippen LogP) is 1.77. The predicted molar refractivity (Wildman–Crippen MR) is 75.1 cm³/mol. The van der Waals surface area contributed by atoms with E-state index in [2.05, 4.69) is 46.4 Å². The maximum Gasteiger partial charge on any atom is 0.0791 e. The highest BCUT2D eigenvalue weighted by Crippen LogP contribution is 2.17. The van der Waals surface area contributed by atoms with Crippen LogP contribution in [-0.4, -0.2) is 43.3 Å². The Bertz CT molecular complexity index is 355. The number of aliphatic hydroxyl groups excluding tert-OH is 1. The molecular formula is C13H21BrN2O. The Kier molecular flexibility index (Phi) is 6.12. The average molecular weight is 301 g/mol. The Labute approximate surface area is 112 Å². The molecule has 1 atom stereocenters. The summed E-state index contributed by atoms with van der Waals surface area (Å²) in [7, 11) is 3.92. The van der Waals surface area contributed by atoms with E-state index in [1.807, 2.05) is 19.0 Å². The van der Waals surface area contributed by atoms with Crippen LogP contribution in [0.2, 0.25) is 0 Å². The van der Waals surface area contributed by atoms with Crippen LogP contribution in [0.1, 0.15) is 11.1 Å². The molecule has 3 nitrogen and oxygen atoms in total. The standard InChI is InChI=1S/C13H21BrN2O/c1-10-4-5-11(13(14)6-10)7-15-8-12(17)9-16(2)3/h4-6,12,15,17H,7-9H2,1-3H3. The molecule has 0 aliphatic heterocycles. The quantitative estimate of drug-likeness (QED) is 0.840. The minimum atomic E-state index is -0.325. The van der Waals surface area contributed by atoms with Gasteiger partial charge in [-0.15, -0.1) is 0 Å². The maximum atomic E-state index is 9.70. The number of aryl methyl sites for hydroxylation is 1. The van der Waals surface area contributed by atoms with Crippen molar-refractivity contribution in [1.29, 1.82) is 0 Å². The molecule has 0 aliphatic carbocycles. The first-order chi connectivity index (χ1) is 7.99. The van der Waals surface area contributed by atoms with Gasteiger partial charge in [0.15, 0.2) is 0 Å². The first-order valence-corrected chi connectivity index (χ1v) is 6.57. The molecule has 0 bridgehead atoms. The molecule has 2 N–H and O–H groups in total. The smallest absolute Gasteiger partial charge is 0.0791 e. The first kappa shape index (κ1) is 14.6. The molecule has 96 valence electrons. The maximum absolute atomic E-state index is 9.70. The molecule has 1 aromatic carbocycles. The Morgan fingerprint density at radius 2 is 2.12 bits per heavy atom. The summed E-state index contributed by atoms with van der Waals surface area (Å²) in [6, 6.07) is 6.30. The van der Waals surface area contributed by atoms with Gasteiger partial charge in [-0.1, -0.05) is 28.1 Å². The Morgan fingerprint density at radius 3 is 2.71 bits per heavy atom. The van der Waals surface area contributed by atoms with Crippen LogP contribution in [0.5, 0.6) is 0 Å². The summed E-state index contributed by atoms with van der Waals surface area (Å²) in [6.07, 6.45) is -0.325. The normalized spacial score (nSPS) is 13.1. The van der Waals surface area contributed by atoms with Crippen molar-refractivity contribution >= 4 is 15.9 Å². The molecule has 1 aromatic rings.